The van der Waals surface area contributed by atoms with Crippen LogP contribution in [0.2, 0.25) is 5.02 Å². The second-order valence-electron chi connectivity index (χ2n) is 5.61. The van der Waals surface area contributed by atoms with E-state index in [0.29, 0.717) is 28.2 Å². The predicted octanol–water partition coefficient (Wildman–Crippen LogP) is 4.91. The minimum Gasteiger partial charge on any atom is -0.490 e. The quantitative estimate of drug-likeness (QED) is 0.396. The molecule has 25 heavy (non-hydrogen) atoms. The van der Waals surface area contributed by atoms with Gasteiger partial charge in [-0.2, -0.15) is 0 Å². The summed E-state index contributed by atoms with van der Waals surface area (Å²) in [6.45, 7) is 5.19. The SMILES string of the molecule is CCCCCOc1cc(OC(C)=O)c2c(Cl)cccc2c1OC(C)=O. The van der Waals surface area contributed by atoms with E-state index in [0.717, 1.165) is 19.3 Å². The monoisotopic (exact) mass is 364 g/mol. The molecule has 0 aromatic heterocycles. The molecule has 0 bridgehead atoms. The van der Waals surface area contributed by atoms with Crippen LogP contribution in [0.15, 0.2) is 24.3 Å². The Morgan fingerprint density at radius 3 is 2.40 bits per heavy atom. The number of carbonyl (C=O) groups is 2. The molecule has 0 N–H and O–H groups in total. The average molecular weight is 365 g/mol. The zero-order valence-corrected chi connectivity index (χ0v) is 15.3. The Morgan fingerprint density at radius 2 is 1.76 bits per heavy atom. The molecule has 0 amide bonds. The summed E-state index contributed by atoms with van der Waals surface area (Å²) >= 11 is 6.28. The van der Waals surface area contributed by atoms with Gasteiger partial charge in [0.25, 0.3) is 0 Å². The molecule has 0 unspecified atom stereocenters. The van der Waals surface area contributed by atoms with Crippen molar-refractivity contribution in [1.29, 1.82) is 0 Å². The first kappa shape index (κ1) is 19.1. The fraction of sp³-hybridized carbons (Fsp3) is 0.368. The average Bonchev–Trinajstić information content (AvgIpc) is 2.53. The van der Waals surface area contributed by atoms with Crippen LogP contribution < -0.4 is 14.2 Å². The Morgan fingerprint density at radius 1 is 1.04 bits per heavy atom. The summed E-state index contributed by atoms with van der Waals surface area (Å²) in [5, 5.41) is 1.43. The van der Waals surface area contributed by atoms with Crippen molar-refractivity contribution in [2.45, 2.75) is 40.0 Å². The van der Waals surface area contributed by atoms with E-state index in [9.17, 15) is 9.59 Å². The highest BCUT2D eigenvalue weighted by Gasteiger charge is 2.20. The molecule has 6 heteroatoms. The van der Waals surface area contributed by atoms with E-state index >= 15 is 0 Å². The van der Waals surface area contributed by atoms with Crippen LogP contribution in [-0.4, -0.2) is 18.5 Å². The second-order valence-corrected chi connectivity index (χ2v) is 6.01. The van der Waals surface area contributed by atoms with Gasteiger partial charge in [0, 0.05) is 30.7 Å². The van der Waals surface area contributed by atoms with Crippen LogP contribution in [0.25, 0.3) is 10.8 Å². The molecular weight excluding hydrogens is 344 g/mol. The van der Waals surface area contributed by atoms with Crippen molar-refractivity contribution in [1.82, 2.24) is 0 Å². The summed E-state index contributed by atoms with van der Waals surface area (Å²) in [4.78, 5) is 23.0. The van der Waals surface area contributed by atoms with Gasteiger partial charge < -0.3 is 14.2 Å². The maximum Gasteiger partial charge on any atom is 0.308 e. The van der Waals surface area contributed by atoms with Crippen LogP contribution >= 0.6 is 11.6 Å². The van der Waals surface area contributed by atoms with E-state index in [4.69, 9.17) is 25.8 Å². The Labute approximate surface area is 151 Å². The molecule has 0 fully saturated rings. The molecule has 5 nitrogen and oxygen atoms in total. The molecule has 0 atom stereocenters. The zero-order chi connectivity index (χ0) is 18.4. The number of esters is 2. The zero-order valence-electron chi connectivity index (χ0n) is 14.6. The lowest BCUT2D eigenvalue weighted by Gasteiger charge is -2.17. The van der Waals surface area contributed by atoms with Crippen LogP contribution in [-0.2, 0) is 9.59 Å². The van der Waals surface area contributed by atoms with Gasteiger partial charge in [0.15, 0.2) is 11.5 Å². The van der Waals surface area contributed by atoms with Crippen molar-refractivity contribution in [3.8, 4) is 17.2 Å². The lowest BCUT2D eigenvalue weighted by molar-refractivity contribution is -0.133. The van der Waals surface area contributed by atoms with E-state index in [-0.39, 0.29) is 11.5 Å². The maximum absolute atomic E-state index is 11.5. The molecule has 0 saturated carbocycles. The highest BCUT2D eigenvalue weighted by atomic mass is 35.5. The summed E-state index contributed by atoms with van der Waals surface area (Å²) in [6, 6.07) is 6.69. The molecule has 2 aromatic rings. The number of fused-ring (bicyclic) bond motifs is 1. The fourth-order valence-electron chi connectivity index (χ4n) is 2.48. The summed E-state index contributed by atoms with van der Waals surface area (Å²) in [7, 11) is 0. The van der Waals surface area contributed by atoms with Crippen molar-refractivity contribution in [2.75, 3.05) is 6.61 Å². The molecule has 2 aromatic carbocycles. The first-order chi connectivity index (χ1) is 11.9. The number of unbranched alkanes of at least 4 members (excludes halogenated alkanes) is 2. The Balaban J connectivity index is 2.58. The molecule has 0 spiro atoms. The van der Waals surface area contributed by atoms with E-state index in [1.807, 2.05) is 0 Å². The number of rotatable bonds is 7. The van der Waals surface area contributed by atoms with Gasteiger partial charge in [-0.1, -0.05) is 43.5 Å². The molecular formula is C19H21ClO5. The molecule has 0 radical (unpaired) electrons. The van der Waals surface area contributed by atoms with Crippen LogP contribution in [0.1, 0.15) is 40.0 Å². The lowest BCUT2D eigenvalue weighted by atomic mass is 10.1. The maximum atomic E-state index is 11.5. The molecule has 0 aliphatic heterocycles. The van der Waals surface area contributed by atoms with E-state index in [1.54, 1.807) is 24.3 Å². The number of hydrogen-bond acceptors (Lipinski definition) is 5. The van der Waals surface area contributed by atoms with Crippen molar-refractivity contribution in [3.05, 3.63) is 29.3 Å². The first-order valence-corrected chi connectivity index (χ1v) is 8.56. The standard InChI is InChI=1S/C19H21ClO5/c1-4-5-6-10-23-17-11-16(24-12(2)21)18-14(8-7-9-15(18)20)19(17)25-13(3)22/h7-9,11H,4-6,10H2,1-3H3. The molecule has 2 rings (SSSR count). The Bertz CT molecular complexity index is 785. The molecule has 134 valence electrons. The number of halogens is 1. The van der Waals surface area contributed by atoms with Gasteiger partial charge in [-0.15, -0.1) is 0 Å². The van der Waals surface area contributed by atoms with Crippen molar-refractivity contribution < 1.29 is 23.8 Å². The fourth-order valence-corrected chi connectivity index (χ4v) is 2.75. The topological polar surface area (TPSA) is 61.8 Å². The van der Waals surface area contributed by atoms with Gasteiger partial charge in [-0.3, -0.25) is 9.59 Å². The minimum atomic E-state index is -0.474. The number of hydrogen-bond donors (Lipinski definition) is 0. The van der Waals surface area contributed by atoms with Crippen LogP contribution in [0.4, 0.5) is 0 Å². The lowest BCUT2D eigenvalue weighted by Crippen LogP contribution is -2.08. The number of ether oxygens (including phenoxy) is 3. The third-order valence-corrected chi connectivity index (χ3v) is 3.81. The van der Waals surface area contributed by atoms with Gasteiger partial charge in [-0.05, 0) is 12.5 Å². The Hall–Kier alpha value is -2.27. The highest BCUT2D eigenvalue weighted by molar-refractivity contribution is 6.36. The molecule has 0 saturated heterocycles. The third kappa shape index (κ3) is 4.86. The Kier molecular flexibility index (Phi) is 6.65. The van der Waals surface area contributed by atoms with Crippen molar-refractivity contribution in [3.63, 3.8) is 0 Å². The van der Waals surface area contributed by atoms with E-state index in [1.165, 1.54) is 13.8 Å². The summed E-state index contributed by atoms with van der Waals surface area (Å²) < 4.78 is 16.5. The van der Waals surface area contributed by atoms with Gasteiger partial charge in [0.1, 0.15) is 5.75 Å². The van der Waals surface area contributed by atoms with E-state index in [2.05, 4.69) is 6.92 Å². The van der Waals surface area contributed by atoms with E-state index < -0.39 is 11.9 Å². The van der Waals surface area contributed by atoms with Crippen molar-refractivity contribution >= 4 is 34.3 Å². The summed E-state index contributed by atoms with van der Waals surface area (Å²) in [6.07, 6.45) is 2.96. The highest BCUT2D eigenvalue weighted by Crippen LogP contribution is 2.44. The van der Waals surface area contributed by atoms with Gasteiger partial charge >= 0.3 is 11.9 Å². The van der Waals surface area contributed by atoms with Gasteiger partial charge in [-0.25, -0.2) is 0 Å². The summed E-state index contributed by atoms with van der Waals surface area (Å²) in [5.41, 5.74) is 0. The minimum absolute atomic E-state index is 0.273. The smallest absolute Gasteiger partial charge is 0.308 e. The van der Waals surface area contributed by atoms with Crippen LogP contribution in [0.3, 0.4) is 0 Å². The first-order valence-electron chi connectivity index (χ1n) is 8.19. The van der Waals surface area contributed by atoms with Crippen LogP contribution in [0, 0.1) is 0 Å². The van der Waals surface area contributed by atoms with Gasteiger partial charge in [0.05, 0.1) is 11.6 Å². The number of carbonyl (C=O) groups excluding carboxylic acids is 2. The predicted molar refractivity (Wildman–Crippen MR) is 96.6 cm³/mol. The van der Waals surface area contributed by atoms with Gasteiger partial charge in [0.2, 0.25) is 0 Å². The molecule has 0 heterocycles. The largest absolute Gasteiger partial charge is 0.490 e. The molecule has 0 aliphatic rings. The normalized spacial score (nSPS) is 10.6. The summed E-state index contributed by atoms with van der Waals surface area (Å²) in [5.74, 6) is -0.0532. The number of benzene rings is 2. The second kappa shape index (κ2) is 8.72. The molecule has 0 aliphatic carbocycles. The van der Waals surface area contributed by atoms with Crippen molar-refractivity contribution in [2.24, 2.45) is 0 Å². The van der Waals surface area contributed by atoms with Crippen LogP contribution in [0.5, 0.6) is 17.2 Å². The third-order valence-electron chi connectivity index (χ3n) is 3.50.